The first-order chi connectivity index (χ1) is 14.6. The number of amides is 1. The summed E-state index contributed by atoms with van der Waals surface area (Å²) >= 11 is 1.83. The molecule has 3 nitrogen and oxygen atoms in total. The van der Waals surface area contributed by atoms with Gasteiger partial charge in [0.2, 0.25) is 0 Å². The summed E-state index contributed by atoms with van der Waals surface area (Å²) in [5.41, 5.74) is 2.49. The second-order valence-corrected chi connectivity index (χ2v) is 8.49. The van der Waals surface area contributed by atoms with Crippen LogP contribution in [0.1, 0.15) is 28.1 Å². The van der Waals surface area contributed by atoms with E-state index >= 15 is 0 Å². The van der Waals surface area contributed by atoms with Crippen LogP contribution in [0, 0.1) is 5.82 Å². The smallest absolute Gasteiger partial charge is 0.254 e. The molecule has 0 saturated heterocycles. The molecule has 0 fully saturated rings. The molecule has 4 aromatic rings. The summed E-state index contributed by atoms with van der Waals surface area (Å²) in [6.45, 7) is 3.24. The van der Waals surface area contributed by atoms with Gasteiger partial charge in [0.15, 0.2) is 0 Å². The van der Waals surface area contributed by atoms with Crippen LogP contribution >= 0.6 is 11.8 Å². The normalized spacial score (nSPS) is 12.1. The first-order valence-corrected chi connectivity index (χ1v) is 10.8. The van der Waals surface area contributed by atoms with E-state index in [-0.39, 0.29) is 5.56 Å². The number of hydrogen-bond donors (Lipinski definition) is 1. The van der Waals surface area contributed by atoms with E-state index in [9.17, 15) is 9.18 Å². The van der Waals surface area contributed by atoms with Gasteiger partial charge in [0.05, 0.1) is 5.56 Å². The summed E-state index contributed by atoms with van der Waals surface area (Å²) in [5, 5.41) is 4.35. The van der Waals surface area contributed by atoms with Crippen molar-refractivity contribution in [3.05, 3.63) is 102 Å². The van der Waals surface area contributed by atoms with Crippen molar-refractivity contribution in [2.24, 2.45) is 0 Å². The highest BCUT2D eigenvalue weighted by atomic mass is 32.2. The lowest BCUT2D eigenvalue weighted by Gasteiger charge is -2.10. The summed E-state index contributed by atoms with van der Waals surface area (Å²) in [4.78, 5) is 13.5. The summed E-state index contributed by atoms with van der Waals surface area (Å²) in [6, 6.07) is 24.8. The van der Waals surface area contributed by atoms with Gasteiger partial charge in [-0.1, -0.05) is 60.7 Å². The number of hydrogen-bond acceptors (Lipinski definition) is 2. The fraction of sp³-hybridized carbons (Fsp3) is 0.160. The van der Waals surface area contributed by atoms with E-state index in [0.717, 1.165) is 5.52 Å². The van der Waals surface area contributed by atoms with Crippen molar-refractivity contribution in [1.82, 2.24) is 9.88 Å². The molecule has 3 aromatic carbocycles. The molecule has 1 atom stereocenters. The van der Waals surface area contributed by atoms with Crippen LogP contribution in [0.4, 0.5) is 4.39 Å². The van der Waals surface area contributed by atoms with E-state index in [2.05, 4.69) is 59.4 Å². The van der Waals surface area contributed by atoms with Crippen LogP contribution in [0.5, 0.6) is 0 Å². The number of fused-ring (bicyclic) bond motifs is 1. The monoisotopic (exact) mass is 418 g/mol. The highest BCUT2D eigenvalue weighted by molar-refractivity contribution is 7.99. The van der Waals surface area contributed by atoms with Gasteiger partial charge < -0.3 is 9.88 Å². The average Bonchev–Trinajstić information content (AvgIpc) is 3.12. The van der Waals surface area contributed by atoms with Gasteiger partial charge in [0.1, 0.15) is 5.82 Å². The number of aromatic nitrogens is 1. The number of nitrogens with one attached hydrogen (secondary N) is 1. The largest absolute Gasteiger partial charge is 0.350 e. The van der Waals surface area contributed by atoms with Crippen LogP contribution in [0.2, 0.25) is 0 Å². The van der Waals surface area contributed by atoms with Gasteiger partial charge >= 0.3 is 0 Å². The molecular formula is C25H23FN2OS. The highest BCUT2D eigenvalue weighted by Crippen LogP contribution is 2.39. The maximum atomic E-state index is 13.8. The second kappa shape index (κ2) is 9.18. The van der Waals surface area contributed by atoms with Crippen molar-refractivity contribution in [3.63, 3.8) is 0 Å². The number of rotatable bonds is 7. The molecular weight excluding hydrogens is 395 g/mol. The van der Waals surface area contributed by atoms with Crippen molar-refractivity contribution in [3.8, 4) is 0 Å². The molecule has 1 N–H and O–H groups in total. The molecule has 0 aliphatic carbocycles. The molecule has 1 aromatic heterocycles. The minimum absolute atomic E-state index is 0.0720. The molecule has 30 heavy (non-hydrogen) atoms. The molecule has 1 heterocycles. The van der Waals surface area contributed by atoms with Crippen LogP contribution < -0.4 is 5.32 Å². The van der Waals surface area contributed by atoms with Gasteiger partial charge in [-0.2, -0.15) is 0 Å². The lowest BCUT2D eigenvalue weighted by molar-refractivity contribution is 0.0948. The van der Waals surface area contributed by atoms with Crippen molar-refractivity contribution in [2.75, 3.05) is 6.54 Å². The van der Waals surface area contributed by atoms with Crippen molar-refractivity contribution < 1.29 is 9.18 Å². The molecule has 0 radical (unpaired) electrons. The zero-order chi connectivity index (χ0) is 20.9. The Kier molecular flexibility index (Phi) is 6.19. The summed E-state index contributed by atoms with van der Waals surface area (Å²) in [7, 11) is 0. The van der Waals surface area contributed by atoms with Gasteiger partial charge in [-0.15, -0.1) is 11.8 Å². The van der Waals surface area contributed by atoms with Gasteiger partial charge in [0.25, 0.3) is 5.91 Å². The molecule has 0 aliphatic heterocycles. The third-order valence-electron chi connectivity index (χ3n) is 5.08. The van der Waals surface area contributed by atoms with Crippen molar-refractivity contribution in [1.29, 1.82) is 0 Å². The number of halogens is 1. The van der Waals surface area contributed by atoms with Gasteiger partial charge in [-0.05, 0) is 30.7 Å². The lowest BCUT2D eigenvalue weighted by atomic mass is 10.2. The number of carbonyl (C=O) groups excluding carboxylic acids is 1. The van der Waals surface area contributed by atoms with Crippen molar-refractivity contribution in [2.45, 2.75) is 23.6 Å². The third-order valence-corrected chi connectivity index (χ3v) is 6.29. The molecule has 0 spiro atoms. The Hall–Kier alpha value is -3.05. The lowest BCUT2D eigenvalue weighted by Crippen LogP contribution is -2.27. The Morgan fingerprint density at radius 1 is 1.00 bits per heavy atom. The Morgan fingerprint density at radius 3 is 2.50 bits per heavy atom. The predicted octanol–water partition coefficient (Wildman–Crippen LogP) is 6.06. The number of para-hydroxylation sites is 1. The maximum Gasteiger partial charge on any atom is 0.254 e. The first kappa shape index (κ1) is 20.2. The quantitative estimate of drug-likeness (QED) is 0.370. The SMILES string of the molecule is C[C@H](Sc1cn(CCNC(=O)c2ccccc2F)c2ccccc12)c1ccccc1. The third kappa shape index (κ3) is 4.41. The Labute approximate surface area is 179 Å². The van der Waals surface area contributed by atoms with E-state index in [1.54, 1.807) is 12.1 Å². The molecule has 0 bridgehead atoms. The Balaban J connectivity index is 1.48. The van der Waals surface area contributed by atoms with Gasteiger partial charge in [-0.25, -0.2) is 4.39 Å². The van der Waals surface area contributed by atoms with Crippen molar-refractivity contribution >= 4 is 28.6 Å². The molecule has 5 heteroatoms. The minimum atomic E-state index is -0.505. The summed E-state index contributed by atoms with van der Waals surface area (Å²) < 4.78 is 15.9. The minimum Gasteiger partial charge on any atom is -0.350 e. The molecule has 152 valence electrons. The second-order valence-electron chi connectivity index (χ2n) is 7.11. The van der Waals surface area contributed by atoms with E-state index in [1.165, 1.54) is 28.0 Å². The first-order valence-electron chi connectivity index (χ1n) is 9.95. The number of nitrogens with zero attached hydrogens (tertiary/aromatic N) is 1. The fourth-order valence-electron chi connectivity index (χ4n) is 3.51. The zero-order valence-corrected chi connectivity index (χ0v) is 17.5. The predicted molar refractivity (Wildman–Crippen MR) is 121 cm³/mol. The van der Waals surface area contributed by atoms with Crippen LogP contribution in [-0.2, 0) is 6.54 Å². The molecule has 1 amide bonds. The van der Waals surface area contributed by atoms with Crippen LogP contribution in [0.25, 0.3) is 10.9 Å². The maximum absolute atomic E-state index is 13.8. The molecule has 0 aliphatic rings. The number of benzene rings is 3. The standard InChI is InChI=1S/C25H23FN2OS/c1-18(19-9-3-2-4-10-19)30-24-17-28(23-14-8-6-12-21(23)24)16-15-27-25(29)20-11-5-7-13-22(20)26/h2-14,17-18H,15-16H2,1H3,(H,27,29)/t18-/m0/s1. The average molecular weight is 419 g/mol. The van der Waals surface area contributed by atoms with E-state index in [0.29, 0.717) is 18.3 Å². The summed E-state index contributed by atoms with van der Waals surface area (Å²) in [5.74, 6) is -0.896. The van der Waals surface area contributed by atoms with E-state index < -0.39 is 11.7 Å². The van der Waals surface area contributed by atoms with Crippen LogP contribution in [0.15, 0.2) is 90.0 Å². The van der Waals surface area contributed by atoms with Gasteiger partial charge in [0, 0.05) is 40.3 Å². The van der Waals surface area contributed by atoms with Crippen LogP contribution in [-0.4, -0.2) is 17.0 Å². The number of carbonyl (C=O) groups is 1. The molecule has 0 unspecified atom stereocenters. The zero-order valence-electron chi connectivity index (χ0n) is 16.7. The Morgan fingerprint density at radius 2 is 1.70 bits per heavy atom. The van der Waals surface area contributed by atoms with E-state index in [1.807, 2.05) is 30.0 Å². The topological polar surface area (TPSA) is 34.0 Å². The van der Waals surface area contributed by atoms with Gasteiger partial charge in [-0.3, -0.25) is 4.79 Å². The molecule has 4 rings (SSSR count). The van der Waals surface area contributed by atoms with E-state index in [4.69, 9.17) is 0 Å². The Bertz CT molecular complexity index is 1160. The molecule has 0 saturated carbocycles. The summed E-state index contributed by atoms with van der Waals surface area (Å²) in [6.07, 6.45) is 2.14. The highest BCUT2D eigenvalue weighted by Gasteiger charge is 2.14. The fourth-order valence-corrected chi connectivity index (χ4v) is 4.67. The van der Waals surface area contributed by atoms with Crippen LogP contribution in [0.3, 0.4) is 0 Å². The number of thioether (sulfide) groups is 1.